The van der Waals surface area contributed by atoms with Gasteiger partial charge in [-0.15, -0.1) is 0 Å². The highest BCUT2D eigenvalue weighted by Crippen LogP contribution is 2.35. The molecule has 0 radical (unpaired) electrons. The lowest BCUT2D eigenvalue weighted by atomic mass is 10.00. The van der Waals surface area contributed by atoms with E-state index in [4.69, 9.17) is 9.47 Å². The lowest BCUT2D eigenvalue weighted by Gasteiger charge is -2.26. The van der Waals surface area contributed by atoms with Crippen LogP contribution >= 0.6 is 0 Å². The molecule has 0 spiro atoms. The summed E-state index contributed by atoms with van der Waals surface area (Å²) in [5.74, 6) is 0.116. The molecule has 5 rings (SSSR count). The summed E-state index contributed by atoms with van der Waals surface area (Å²) >= 11 is 0. The van der Waals surface area contributed by atoms with E-state index in [9.17, 15) is 9.59 Å². The van der Waals surface area contributed by atoms with Crippen LogP contribution in [-0.4, -0.2) is 18.4 Å². The van der Waals surface area contributed by atoms with E-state index in [0.29, 0.717) is 5.75 Å². The van der Waals surface area contributed by atoms with Gasteiger partial charge in [-0.05, 0) is 109 Å². The van der Waals surface area contributed by atoms with Gasteiger partial charge in [0, 0.05) is 23.1 Å². The van der Waals surface area contributed by atoms with Gasteiger partial charge in [-0.3, -0.25) is 4.79 Å². The molecule has 0 atom stereocenters. The number of esters is 1. The number of hydrogen-bond donors (Lipinski definition) is 0. The minimum atomic E-state index is -0.434. The zero-order valence-corrected chi connectivity index (χ0v) is 26.7. The molecule has 0 N–H and O–H groups in total. The number of anilines is 3. The zero-order chi connectivity index (χ0) is 33.0. The van der Waals surface area contributed by atoms with Crippen molar-refractivity contribution >= 4 is 28.8 Å². The van der Waals surface area contributed by atoms with Crippen molar-refractivity contribution in [3.63, 3.8) is 0 Å². The van der Waals surface area contributed by atoms with Crippen molar-refractivity contribution in [1.29, 1.82) is 0 Å². The van der Waals surface area contributed by atoms with Crippen LogP contribution in [0.3, 0.4) is 0 Å². The molecule has 0 aliphatic heterocycles. The molecular weight excluding hydrogens is 582 g/mol. The summed E-state index contributed by atoms with van der Waals surface area (Å²) in [7, 11) is 0. The molecule has 0 heterocycles. The molecule has 5 aromatic carbocycles. The SMILES string of the molecule is C=CC(=O)COc1ccc(CCc2ccc(Cc3ccc(N(c4ccc(C)cc4)c4ccc(COC(=O)C=C)cc4)cc3)cc2)cc1. The van der Waals surface area contributed by atoms with Gasteiger partial charge in [-0.2, -0.15) is 0 Å². The molecule has 0 aliphatic rings. The third kappa shape index (κ3) is 9.41. The number of carbonyl (C=O) groups excluding carboxylic acids is 2. The van der Waals surface area contributed by atoms with E-state index in [1.165, 1.54) is 40.0 Å². The number of carbonyl (C=O) groups is 2. The molecule has 0 saturated carbocycles. The van der Waals surface area contributed by atoms with Crippen LogP contribution in [-0.2, 0) is 40.2 Å². The highest BCUT2D eigenvalue weighted by molar-refractivity contribution is 5.90. The fourth-order valence-electron chi connectivity index (χ4n) is 5.17. The molecule has 5 heteroatoms. The number of ketones is 1. The predicted molar refractivity (Wildman–Crippen MR) is 190 cm³/mol. The molecular formula is C42H39NO4. The van der Waals surface area contributed by atoms with Gasteiger partial charge < -0.3 is 14.4 Å². The normalized spacial score (nSPS) is 10.6. The number of hydrogen-bond acceptors (Lipinski definition) is 5. The van der Waals surface area contributed by atoms with Gasteiger partial charge in [-0.25, -0.2) is 4.79 Å². The van der Waals surface area contributed by atoms with E-state index in [1.54, 1.807) is 0 Å². The first kappa shape index (κ1) is 32.7. The molecule has 5 aromatic rings. The van der Waals surface area contributed by atoms with Crippen molar-refractivity contribution in [2.75, 3.05) is 11.5 Å². The van der Waals surface area contributed by atoms with Gasteiger partial charge in [0.2, 0.25) is 0 Å². The van der Waals surface area contributed by atoms with E-state index >= 15 is 0 Å². The van der Waals surface area contributed by atoms with Gasteiger partial charge >= 0.3 is 5.97 Å². The Balaban J connectivity index is 1.21. The lowest BCUT2D eigenvalue weighted by molar-refractivity contribution is -0.139. The van der Waals surface area contributed by atoms with Crippen LogP contribution in [0.2, 0.25) is 0 Å². The fourth-order valence-corrected chi connectivity index (χ4v) is 5.17. The van der Waals surface area contributed by atoms with Crippen LogP contribution in [0.5, 0.6) is 5.75 Å². The van der Waals surface area contributed by atoms with Crippen molar-refractivity contribution in [2.45, 2.75) is 32.8 Å². The van der Waals surface area contributed by atoms with Crippen LogP contribution in [0.1, 0.15) is 33.4 Å². The minimum Gasteiger partial charge on any atom is -0.485 e. The Morgan fingerprint density at radius 3 is 1.55 bits per heavy atom. The second kappa shape index (κ2) is 16.1. The zero-order valence-electron chi connectivity index (χ0n) is 26.7. The first-order chi connectivity index (χ1) is 22.9. The van der Waals surface area contributed by atoms with Crippen LogP contribution in [0.15, 0.2) is 147 Å². The first-order valence-corrected chi connectivity index (χ1v) is 15.7. The minimum absolute atomic E-state index is 0.0127. The van der Waals surface area contributed by atoms with Crippen molar-refractivity contribution in [1.82, 2.24) is 0 Å². The predicted octanol–water partition coefficient (Wildman–Crippen LogP) is 9.20. The highest BCUT2D eigenvalue weighted by atomic mass is 16.5. The summed E-state index contributed by atoms with van der Waals surface area (Å²) in [6, 6.07) is 42.0. The molecule has 236 valence electrons. The van der Waals surface area contributed by atoms with Crippen molar-refractivity contribution < 1.29 is 19.1 Å². The average Bonchev–Trinajstić information content (AvgIpc) is 3.11. The largest absolute Gasteiger partial charge is 0.485 e. The molecule has 47 heavy (non-hydrogen) atoms. The molecule has 5 nitrogen and oxygen atoms in total. The Labute approximate surface area is 277 Å². The maximum absolute atomic E-state index is 11.5. The van der Waals surface area contributed by atoms with Gasteiger partial charge in [0.1, 0.15) is 12.4 Å². The molecule has 0 bridgehead atoms. The van der Waals surface area contributed by atoms with E-state index in [2.05, 4.69) is 97.8 Å². The smallest absolute Gasteiger partial charge is 0.330 e. The average molecular weight is 622 g/mol. The maximum Gasteiger partial charge on any atom is 0.330 e. The topological polar surface area (TPSA) is 55.8 Å². The van der Waals surface area contributed by atoms with Crippen LogP contribution in [0.25, 0.3) is 0 Å². The van der Waals surface area contributed by atoms with Crippen LogP contribution < -0.4 is 9.64 Å². The Morgan fingerprint density at radius 1 is 0.596 bits per heavy atom. The third-order valence-corrected chi connectivity index (χ3v) is 7.89. The molecule has 0 unspecified atom stereocenters. The third-order valence-electron chi connectivity index (χ3n) is 7.89. The maximum atomic E-state index is 11.5. The molecule has 0 fully saturated rings. The number of nitrogens with zero attached hydrogens (tertiary/aromatic N) is 1. The lowest BCUT2D eigenvalue weighted by Crippen LogP contribution is -2.10. The second-order valence-electron chi connectivity index (χ2n) is 11.4. The van der Waals surface area contributed by atoms with E-state index in [1.807, 2.05) is 48.5 Å². The second-order valence-corrected chi connectivity index (χ2v) is 11.4. The molecule has 0 aromatic heterocycles. The van der Waals surface area contributed by atoms with E-state index in [0.717, 1.165) is 41.9 Å². The molecule has 0 saturated heterocycles. The van der Waals surface area contributed by atoms with Crippen molar-refractivity contribution in [3.8, 4) is 5.75 Å². The monoisotopic (exact) mass is 621 g/mol. The van der Waals surface area contributed by atoms with E-state index in [-0.39, 0.29) is 19.0 Å². The summed E-state index contributed by atoms with van der Waals surface area (Å²) in [6.45, 7) is 9.22. The summed E-state index contributed by atoms with van der Waals surface area (Å²) in [6.07, 6.45) is 5.16. The number of rotatable bonds is 15. The van der Waals surface area contributed by atoms with Gasteiger partial charge in [0.15, 0.2) is 12.4 Å². The van der Waals surface area contributed by atoms with Gasteiger partial charge in [-0.1, -0.05) is 91.5 Å². The summed E-state index contributed by atoms with van der Waals surface area (Å²) < 4.78 is 10.7. The summed E-state index contributed by atoms with van der Waals surface area (Å²) in [4.78, 5) is 25.1. The van der Waals surface area contributed by atoms with Crippen LogP contribution in [0, 0.1) is 6.92 Å². The number of aryl methyl sites for hydroxylation is 3. The number of ether oxygens (including phenoxy) is 2. The molecule has 0 amide bonds. The Bertz CT molecular complexity index is 1790. The number of benzene rings is 5. The highest BCUT2D eigenvalue weighted by Gasteiger charge is 2.13. The summed E-state index contributed by atoms with van der Waals surface area (Å²) in [5.41, 5.74) is 10.3. The molecule has 0 aliphatic carbocycles. The van der Waals surface area contributed by atoms with Gasteiger partial charge in [0.25, 0.3) is 0 Å². The standard InChI is InChI=1S/C42H39NO4/c1-4-40(44)30-46-41-26-18-33(19-27-41)9-8-32-10-12-34(13-11-32)28-35-14-22-38(23-15-35)43(37-20-6-31(3)7-21-37)39-24-16-36(17-25-39)29-47-42(45)5-2/h4-7,10-27H,1-2,8-9,28-30H2,3H3. The van der Waals surface area contributed by atoms with Crippen molar-refractivity contribution in [2.24, 2.45) is 0 Å². The van der Waals surface area contributed by atoms with Crippen molar-refractivity contribution in [3.05, 3.63) is 180 Å². The Morgan fingerprint density at radius 2 is 1.04 bits per heavy atom. The Kier molecular flexibility index (Phi) is 11.2. The van der Waals surface area contributed by atoms with Gasteiger partial charge in [0.05, 0.1) is 0 Å². The van der Waals surface area contributed by atoms with Crippen LogP contribution in [0.4, 0.5) is 17.1 Å². The first-order valence-electron chi connectivity index (χ1n) is 15.7. The Hall–Kier alpha value is -5.68. The summed E-state index contributed by atoms with van der Waals surface area (Å²) in [5, 5.41) is 0. The fraction of sp³-hybridized carbons (Fsp3) is 0.143. The quantitative estimate of drug-likeness (QED) is 0.0862. The van der Waals surface area contributed by atoms with E-state index < -0.39 is 5.97 Å².